The Hall–Kier alpha value is -1.89. The smallest absolute Gasteiger partial charge is 0.316 e. The molecule has 0 atom stereocenters. The van der Waals surface area contributed by atoms with E-state index >= 15 is 0 Å². The number of rotatable bonds is 5. The molecule has 0 aromatic heterocycles. The maximum absolute atomic E-state index is 12.1. The van der Waals surface area contributed by atoms with Gasteiger partial charge in [0.05, 0.1) is 13.5 Å². The third kappa shape index (κ3) is 4.84. The Kier molecular flexibility index (Phi) is 5.94. The van der Waals surface area contributed by atoms with Crippen LogP contribution in [0.15, 0.2) is 22.6 Å². The van der Waals surface area contributed by atoms with Gasteiger partial charge in [-0.1, -0.05) is 25.3 Å². The molecule has 1 saturated carbocycles. The fourth-order valence-electron chi connectivity index (χ4n) is 2.71. The largest absolute Gasteiger partial charge is 0.494 e. The molecule has 1 amide bonds. The first-order chi connectivity index (χ1) is 10.6. The molecule has 0 saturated heterocycles. The zero-order valence-electron chi connectivity index (χ0n) is 12.5. The van der Waals surface area contributed by atoms with E-state index in [0.29, 0.717) is 11.3 Å². The molecular weight excluding hydrogens is 304 g/mol. The van der Waals surface area contributed by atoms with Crippen LogP contribution < -0.4 is 10.1 Å². The van der Waals surface area contributed by atoms with Gasteiger partial charge in [0.15, 0.2) is 0 Å². The first-order valence-corrected chi connectivity index (χ1v) is 8.39. The van der Waals surface area contributed by atoms with Crippen molar-refractivity contribution >= 4 is 22.1 Å². The summed E-state index contributed by atoms with van der Waals surface area (Å²) in [6.07, 6.45) is 5.82. The molecule has 0 unspecified atom stereocenters. The number of nitrogens with one attached hydrogen (secondary N) is 1. The van der Waals surface area contributed by atoms with Crippen LogP contribution in [-0.2, 0) is 21.7 Å². The van der Waals surface area contributed by atoms with E-state index in [-0.39, 0.29) is 24.1 Å². The molecule has 1 N–H and O–H groups in total. The van der Waals surface area contributed by atoms with Crippen molar-refractivity contribution in [3.05, 3.63) is 23.8 Å². The number of benzene rings is 1. The highest BCUT2D eigenvalue weighted by Crippen LogP contribution is 2.28. The molecule has 0 spiro atoms. The normalized spacial score (nSPS) is 15.1. The molecule has 1 aliphatic carbocycles. The van der Waals surface area contributed by atoms with Gasteiger partial charge in [-0.25, -0.2) is 0 Å². The molecular formula is C15H20N2O4S. The Labute approximate surface area is 131 Å². The number of ether oxygens (including phenoxy) is 1. The molecule has 0 aliphatic heterocycles. The number of methoxy groups -OCH3 is 1. The monoisotopic (exact) mass is 324 g/mol. The van der Waals surface area contributed by atoms with Crippen LogP contribution in [-0.4, -0.2) is 27.5 Å². The van der Waals surface area contributed by atoms with Gasteiger partial charge >= 0.3 is 10.5 Å². The second kappa shape index (κ2) is 7.93. The van der Waals surface area contributed by atoms with Crippen LogP contribution in [0.2, 0.25) is 0 Å². The van der Waals surface area contributed by atoms with Crippen LogP contribution in [0.1, 0.15) is 37.7 Å². The summed E-state index contributed by atoms with van der Waals surface area (Å²) >= 11 is 0. The highest BCUT2D eigenvalue weighted by molar-refractivity contribution is 7.61. The number of hydrogen-bond acceptors (Lipinski definition) is 5. The first kappa shape index (κ1) is 16.5. The Morgan fingerprint density at radius 2 is 2.05 bits per heavy atom. The second-order valence-electron chi connectivity index (χ2n) is 5.39. The number of hydrogen-bond donors (Lipinski definition) is 1. The van der Waals surface area contributed by atoms with Crippen LogP contribution in [0, 0.1) is 0 Å². The van der Waals surface area contributed by atoms with E-state index in [2.05, 4.69) is 9.68 Å². The van der Waals surface area contributed by atoms with Gasteiger partial charge in [-0.2, -0.15) is 8.42 Å². The van der Waals surface area contributed by atoms with E-state index in [4.69, 9.17) is 4.74 Å². The lowest BCUT2D eigenvalue weighted by atomic mass is 9.95. The lowest BCUT2D eigenvalue weighted by Crippen LogP contribution is -2.37. The summed E-state index contributed by atoms with van der Waals surface area (Å²) in [5.41, 5.74) is 0.914. The lowest BCUT2D eigenvalue weighted by molar-refractivity contribution is -0.121. The van der Waals surface area contributed by atoms with Crippen LogP contribution in [0.4, 0.5) is 5.69 Å². The molecule has 22 heavy (non-hydrogen) atoms. The van der Waals surface area contributed by atoms with Crippen molar-refractivity contribution < 1.29 is 17.9 Å². The van der Waals surface area contributed by atoms with E-state index in [0.717, 1.165) is 25.7 Å². The molecule has 7 heteroatoms. The predicted molar refractivity (Wildman–Crippen MR) is 82.7 cm³/mol. The first-order valence-electron chi connectivity index (χ1n) is 7.36. The second-order valence-corrected chi connectivity index (χ2v) is 6.01. The Balaban J connectivity index is 2.05. The minimum absolute atomic E-state index is 0.0498. The molecule has 1 fully saturated rings. The van der Waals surface area contributed by atoms with Crippen LogP contribution in [0.3, 0.4) is 0 Å². The minimum Gasteiger partial charge on any atom is -0.494 e. The van der Waals surface area contributed by atoms with Crippen molar-refractivity contribution in [2.24, 2.45) is 4.36 Å². The van der Waals surface area contributed by atoms with Gasteiger partial charge < -0.3 is 10.1 Å². The Morgan fingerprint density at radius 3 is 2.68 bits per heavy atom. The van der Waals surface area contributed by atoms with Crippen molar-refractivity contribution in [1.29, 1.82) is 0 Å². The standard InChI is InChI=1S/C15H20N2O4S/c1-21-14-8-7-11(9-13(14)17-22(19)20)10-15(18)16-12-5-3-2-4-6-12/h7-9,12H,2-6,10H2,1H3,(H,16,18). The van der Waals surface area contributed by atoms with Crippen molar-refractivity contribution in [3.63, 3.8) is 0 Å². The summed E-state index contributed by atoms with van der Waals surface area (Å²) < 4.78 is 30.0. The SMILES string of the molecule is COc1ccc(CC(=O)NC2CCCCC2)cc1N=S(=O)=O. The quantitative estimate of drug-likeness (QED) is 0.901. The van der Waals surface area contributed by atoms with E-state index in [1.54, 1.807) is 18.2 Å². The predicted octanol–water partition coefficient (Wildman–Crippen LogP) is 2.38. The van der Waals surface area contributed by atoms with Gasteiger partial charge in [0.25, 0.3) is 0 Å². The molecule has 1 aromatic rings. The maximum atomic E-state index is 12.1. The summed E-state index contributed by atoms with van der Waals surface area (Å²) in [4.78, 5) is 12.1. The Morgan fingerprint density at radius 1 is 1.32 bits per heavy atom. The fourth-order valence-corrected chi connectivity index (χ4v) is 3.01. The van der Waals surface area contributed by atoms with Crippen LogP contribution >= 0.6 is 0 Å². The summed E-state index contributed by atoms with van der Waals surface area (Å²) in [7, 11) is -1.12. The molecule has 0 bridgehead atoms. The van der Waals surface area contributed by atoms with Gasteiger partial charge in [-0.15, -0.1) is 4.36 Å². The average Bonchev–Trinajstić information content (AvgIpc) is 2.48. The molecule has 0 heterocycles. The molecule has 1 aromatic carbocycles. The molecule has 1 aliphatic rings. The van der Waals surface area contributed by atoms with Gasteiger partial charge in [0.2, 0.25) is 5.91 Å². The summed E-state index contributed by atoms with van der Waals surface area (Å²) in [6.45, 7) is 0. The molecule has 2 rings (SSSR count). The zero-order valence-corrected chi connectivity index (χ0v) is 13.4. The number of nitrogens with zero attached hydrogens (tertiary/aromatic N) is 1. The van der Waals surface area contributed by atoms with Crippen molar-refractivity contribution in [1.82, 2.24) is 5.32 Å². The van der Waals surface area contributed by atoms with E-state index < -0.39 is 10.5 Å². The van der Waals surface area contributed by atoms with Gasteiger partial charge in [-0.05, 0) is 30.5 Å². The summed E-state index contributed by atoms with van der Waals surface area (Å²) in [5, 5.41) is 3.03. The fraction of sp³-hybridized carbons (Fsp3) is 0.533. The summed E-state index contributed by atoms with van der Waals surface area (Å²) in [5.74, 6) is 0.312. The third-order valence-corrected chi connectivity index (χ3v) is 4.10. The lowest BCUT2D eigenvalue weighted by Gasteiger charge is -2.22. The van der Waals surface area contributed by atoms with E-state index in [1.165, 1.54) is 13.5 Å². The average molecular weight is 324 g/mol. The number of carbonyl (C=O) groups excluding carboxylic acids is 1. The third-order valence-electron chi connectivity index (χ3n) is 3.75. The Bertz CT molecular complexity index is 656. The van der Waals surface area contributed by atoms with Crippen molar-refractivity contribution in [2.45, 2.75) is 44.6 Å². The highest BCUT2D eigenvalue weighted by atomic mass is 32.2. The van der Waals surface area contributed by atoms with Crippen LogP contribution in [0.5, 0.6) is 5.75 Å². The summed E-state index contributed by atoms with van der Waals surface area (Å²) in [6, 6.07) is 5.19. The minimum atomic E-state index is -2.56. The van der Waals surface area contributed by atoms with Gasteiger partial charge in [-0.3, -0.25) is 4.79 Å². The maximum Gasteiger partial charge on any atom is 0.316 e. The van der Waals surface area contributed by atoms with Gasteiger partial charge in [0, 0.05) is 6.04 Å². The van der Waals surface area contributed by atoms with Gasteiger partial charge in [0.1, 0.15) is 11.4 Å². The van der Waals surface area contributed by atoms with Crippen LogP contribution in [0.25, 0.3) is 0 Å². The number of amides is 1. The zero-order chi connectivity index (χ0) is 15.9. The topological polar surface area (TPSA) is 84.8 Å². The van der Waals surface area contributed by atoms with Crippen molar-refractivity contribution in [3.8, 4) is 5.75 Å². The van der Waals surface area contributed by atoms with E-state index in [9.17, 15) is 13.2 Å². The number of carbonyl (C=O) groups is 1. The molecule has 120 valence electrons. The highest BCUT2D eigenvalue weighted by Gasteiger charge is 2.16. The molecule has 6 nitrogen and oxygen atoms in total. The molecule has 0 radical (unpaired) electrons. The van der Waals surface area contributed by atoms with E-state index in [1.807, 2.05) is 0 Å². The van der Waals surface area contributed by atoms with Crippen molar-refractivity contribution in [2.75, 3.05) is 7.11 Å².